The zero-order valence-electron chi connectivity index (χ0n) is 21.2. The predicted octanol–water partition coefficient (Wildman–Crippen LogP) is 5.72. The summed E-state index contributed by atoms with van der Waals surface area (Å²) >= 11 is 0. The maximum Gasteiger partial charge on any atom is 0.228 e. The molecule has 0 saturated heterocycles. The highest BCUT2D eigenvalue weighted by atomic mass is 28.4. The Morgan fingerprint density at radius 1 is 1.26 bits per heavy atom. The van der Waals surface area contributed by atoms with Gasteiger partial charge in [0.25, 0.3) is 0 Å². The molecule has 0 fully saturated rings. The minimum atomic E-state index is -1.88. The van der Waals surface area contributed by atoms with Crippen LogP contribution < -0.4 is 5.32 Å². The van der Waals surface area contributed by atoms with Crippen LogP contribution in [0.3, 0.4) is 0 Å². The van der Waals surface area contributed by atoms with Crippen molar-refractivity contribution < 1.29 is 4.43 Å². The molecule has 1 aliphatic rings. The smallest absolute Gasteiger partial charge is 0.228 e. The van der Waals surface area contributed by atoms with Crippen LogP contribution in [0.2, 0.25) is 18.1 Å². The zero-order valence-corrected chi connectivity index (χ0v) is 22.2. The van der Waals surface area contributed by atoms with E-state index >= 15 is 0 Å². The number of benzene rings is 1. The Kier molecular flexibility index (Phi) is 6.13. The Morgan fingerprint density at radius 3 is 2.68 bits per heavy atom. The van der Waals surface area contributed by atoms with Gasteiger partial charge in [0, 0.05) is 43.1 Å². The average Bonchev–Trinajstić information content (AvgIpc) is 3.34. The maximum atomic E-state index is 9.93. The number of aryl methyl sites for hydroxylation is 1. The van der Waals surface area contributed by atoms with Crippen molar-refractivity contribution in [1.29, 1.82) is 5.26 Å². The number of fused-ring (bicyclic) bond motifs is 1. The lowest BCUT2D eigenvalue weighted by Crippen LogP contribution is -2.44. The van der Waals surface area contributed by atoms with E-state index in [0.29, 0.717) is 18.4 Å². The van der Waals surface area contributed by atoms with E-state index in [-0.39, 0.29) is 10.5 Å². The zero-order chi connectivity index (χ0) is 24.7. The molecule has 1 atom stereocenters. The van der Waals surface area contributed by atoms with Crippen molar-refractivity contribution in [3.63, 3.8) is 0 Å². The monoisotopic (exact) mass is 474 g/mol. The molecule has 178 valence electrons. The molecule has 4 rings (SSSR count). The van der Waals surface area contributed by atoms with Crippen molar-refractivity contribution in [2.24, 2.45) is 7.05 Å². The van der Waals surface area contributed by atoms with Crippen molar-refractivity contribution in [3.8, 4) is 17.3 Å². The largest absolute Gasteiger partial charge is 0.416 e. The number of rotatable bonds is 6. The van der Waals surface area contributed by atoms with Crippen molar-refractivity contribution >= 4 is 20.1 Å². The summed E-state index contributed by atoms with van der Waals surface area (Å²) < 4.78 is 8.38. The molecule has 1 N–H and O–H groups in total. The first-order valence-electron chi connectivity index (χ1n) is 11.7. The van der Waals surface area contributed by atoms with Gasteiger partial charge in [0.2, 0.25) is 5.95 Å². The average molecular weight is 475 g/mol. The summed E-state index contributed by atoms with van der Waals surface area (Å²) in [4.78, 5) is 9.05. The fourth-order valence-electron chi connectivity index (χ4n) is 4.15. The molecule has 1 aliphatic carbocycles. The molecule has 0 bridgehead atoms. The quantitative estimate of drug-likeness (QED) is 0.460. The molecule has 0 spiro atoms. The minimum Gasteiger partial charge on any atom is -0.416 e. The summed E-state index contributed by atoms with van der Waals surface area (Å²) in [5, 5.41) is 17.6. The van der Waals surface area contributed by atoms with Crippen LogP contribution in [-0.4, -0.2) is 34.7 Å². The fourth-order valence-corrected chi connectivity index (χ4v) is 5.26. The molecule has 1 aromatic carbocycles. The van der Waals surface area contributed by atoms with E-state index in [4.69, 9.17) is 9.41 Å². The number of nitrogens with one attached hydrogen (secondary N) is 1. The van der Waals surface area contributed by atoms with Gasteiger partial charge in [-0.15, -0.1) is 0 Å². The van der Waals surface area contributed by atoms with Crippen LogP contribution in [-0.2, 0) is 23.3 Å². The van der Waals surface area contributed by atoms with Crippen LogP contribution in [0.25, 0.3) is 11.3 Å². The Bertz CT molecular complexity index is 1250. The van der Waals surface area contributed by atoms with Gasteiger partial charge in [0.1, 0.15) is 0 Å². The van der Waals surface area contributed by atoms with Crippen LogP contribution >= 0.6 is 0 Å². The van der Waals surface area contributed by atoms with Gasteiger partial charge in [-0.25, -0.2) is 9.97 Å². The minimum absolute atomic E-state index is 0.130. The molecule has 3 aromatic rings. The summed E-state index contributed by atoms with van der Waals surface area (Å²) in [6, 6.07) is 10.3. The molecular weight excluding hydrogens is 440 g/mol. The van der Waals surface area contributed by atoms with E-state index in [1.807, 2.05) is 31.4 Å². The number of aromatic nitrogens is 4. The van der Waals surface area contributed by atoms with Gasteiger partial charge in [0.05, 0.1) is 17.3 Å². The Hall–Kier alpha value is -3.02. The topological polar surface area (TPSA) is 88.7 Å². The van der Waals surface area contributed by atoms with Gasteiger partial charge < -0.3 is 9.74 Å². The van der Waals surface area contributed by atoms with E-state index < -0.39 is 8.32 Å². The molecule has 34 heavy (non-hydrogen) atoms. The highest BCUT2D eigenvalue weighted by Crippen LogP contribution is 2.44. The summed E-state index contributed by atoms with van der Waals surface area (Å²) in [6.45, 7) is 14.3. The molecule has 0 aliphatic heterocycles. The first-order valence-corrected chi connectivity index (χ1v) is 14.6. The lowest BCUT2D eigenvalue weighted by atomic mass is 9.83. The second-order valence-electron chi connectivity index (χ2n) is 11.0. The van der Waals surface area contributed by atoms with E-state index in [1.54, 1.807) is 10.9 Å². The third kappa shape index (κ3) is 4.63. The lowest BCUT2D eigenvalue weighted by Gasteiger charge is -2.39. The van der Waals surface area contributed by atoms with Crippen molar-refractivity contribution in [1.82, 2.24) is 19.7 Å². The van der Waals surface area contributed by atoms with Gasteiger partial charge in [-0.05, 0) is 60.3 Å². The molecule has 2 heterocycles. The highest BCUT2D eigenvalue weighted by Gasteiger charge is 2.42. The molecule has 0 saturated carbocycles. The van der Waals surface area contributed by atoms with Gasteiger partial charge in [-0.3, -0.25) is 4.68 Å². The Balaban J connectivity index is 1.67. The van der Waals surface area contributed by atoms with Crippen LogP contribution in [0, 0.1) is 11.3 Å². The van der Waals surface area contributed by atoms with Crippen LogP contribution in [0.4, 0.5) is 11.8 Å². The van der Waals surface area contributed by atoms with E-state index in [2.05, 4.69) is 68.3 Å². The highest BCUT2D eigenvalue weighted by molar-refractivity contribution is 6.74. The second kappa shape index (κ2) is 8.64. The standard InChI is InChI=1S/C26H34N6OSi/c1-25(2,3)34(6,7)33-17-26(4)11-8-20-19(16-27)14-18(15-21(20)26)22-9-12-28-24(29-22)30-23-10-13-32(5)31-23/h9-10,12-15H,8,11,17H2,1-7H3,(H,28,29,30,31). The summed E-state index contributed by atoms with van der Waals surface area (Å²) in [5.74, 6) is 1.15. The number of nitrogens with zero attached hydrogens (tertiary/aromatic N) is 5. The SMILES string of the molecule is Cn1ccc(Nc2nccc(-c3cc(C#N)c4c(c3)C(C)(CO[Si](C)(C)C(C)(C)C)CC4)n2)n1. The van der Waals surface area contributed by atoms with Gasteiger partial charge in [-0.2, -0.15) is 10.4 Å². The Labute approximate surface area is 203 Å². The number of hydrogen-bond donors (Lipinski definition) is 1. The molecule has 2 aromatic heterocycles. The maximum absolute atomic E-state index is 9.93. The summed E-state index contributed by atoms with van der Waals surface area (Å²) in [5.41, 5.74) is 4.64. The number of nitriles is 1. The molecule has 0 radical (unpaired) electrons. The third-order valence-electron chi connectivity index (χ3n) is 7.41. The fraction of sp³-hybridized carbons (Fsp3) is 0.462. The summed E-state index contributed by atoms with van der Waals surface area (Å²) in [7, 11) is -0.0212. The van der Waals surface area contributed by atoms with Gasteiger partial charge >= 0.3 is 0 Å². The normalized spacial score (nSPS) is 17.9. The predicted molar refractivity (Wildman–Crippen MR) is 137 cm³/mol. The second-order valence-corrected chi connectivity index (χ2v) is 15.8. The number of hydrogen-bond acceptors (Lipinski definition) is 6. The molecule has 8 heteroatoms. The van der Waals surface area contributed by atoms with Crippen molar-refractivity contribution in [2.75, 3.05) is 11.9 Å². The van der Waals surface area contributed by atoms with Gasteiger partial charge in [-0.1, -0.05) is 27.7 Å². The van der Waals surface area contributed by atoms with Crippen molar-refractivity contribution in [2.45, 2.75) is 64.1 Å². The Morgan fingerprint density at radius 2 is 2.03 bits per heavy atom. The van der Waals surface area contributed by atoms with Crippen LogP contribution in [0.15, 0.2) is 36.7 Å². The molecular formula is C26H34N6OSi. The lowest BCUT2D eigenvalue weighted by molar-refractivity contribution is 0.208. The first-order chi connectivity index (χ1) is 15.9. The van der Waals surface area contributed by atoms with Gasteiger partial charge in [0.15, 0.2) is 14.1 Å². The molecule has 7 nitrogen and oxygen atoms in total. The van der Waals surface area contributed by atoms with E-state index in [0.717, 1.165) is 35.2 Å². The first kappa shape index (κ1) is 24.1. The van der Waals surface area contributed by atoms with E-state index in [1.165, 1.54) is 5.56 Å². The summed E-state index contributed by atoms with van der Waals surface area (Å²) in [6.07, 6.45) is 5.46. The molecule has 0 amide bonds. The molecule has 1 unspecified atom stereocenters. The third-order valence-corrected chi connectivity index (χ3v) is 11.9. The number of anilines is 2. The van der Waals surface area contributed by atoms with Crippen LogP contribution in [0.5, 0.6) is 0 Å². The van der Waals surface area contributed by atoms with Crippen molar-refractivity contribution in [3.05, 3.63) is 53.3 Å². The van der Waals surface area contributed by atoms with Crippen LogP contribution in [0.1, 0.15) is 50.8 Å². The van der Waals surface area contributed by atoms with E-state index in [9.17, 15) is 5.26 Å².